The third-order valence-electron chi connectivity index (χ3n) is 6.42. The number of unbranched alkanes of at least 4 members (excludes halogenated alkanes) is 3. The van der Waals surface area contributed by atoms with Gasteiger partial charge in [-0.3, -0.25) is 4.79 Å². The number of hydrogen-bond donors (Lipinski definition) is 1. The number of rotatable bonds is 9. The first-order chi connectivity index (χ1) is 14.8. The minimum absolute atomic E-state index is 0.0432. The highest BCUT2D eigenvalue weighted by atomic mass is 16.5. The molecule has 2 aliphatic rings. The van der Waals surface area contributed by atoms with E-state index >= 15 is 0 Å². The van der Waals surface area contributed by atoms with Crippen molar-refractivity contribution >= 4 is 11.0 Å². The maximum Gasteiger partial charge on any atom is 0.193 e. The lowest BCUT2D eigenvalue weighted by molar-refractivity contribution is 0.0220. The SMILES string of the molecule is O=c1cc(C2CCCCC2)oc2ccc(OCCCCCCC3CNCCO3)cc12. The summed E-state index contributed by atoms with van der Waals surface area (Å²) in [6.07, 6.45) is 12.1. The highest BCUT2D eigenvalue weighted by Gasteiger charge is 2.19. The monoisotopic (exact) mass is 413 g/mol. The predicted molar refractivity (Wildman–Crippen MR) is 119 cm³/mol. The fourth-order valence-electron chi connectivity index (χ4n) is 4.65. The molecular formula is C25H35NO4. The Kier molecular flexibility index (Phi) is 7.82. The first kappa shape index (κ1) is 21.4. The van der Waals surface area contributed by atoms with Gasteiger partial charge in [0.25, 0.3) is 0 Å². The molecule has 1 N–H and O–H groups in total. The summed E-state index contributed by atoms with van der Waals surface area (Å²) >= 11 is 0. The van der Waals surface area contributed by atoms with Crippen molar-refractivity contribution in [3.8, 4) is 5.75 Å². The molecular weight excluding hydrogens is 378 g/mol. The third kappa shape index (κ3) is 5.86. The van der Waals surface area contributed by atoms with Crippen LogP contribution in [0.25, 0.3) is 11.0 Å². The molecule has 2 heterocycles. The van der Waals surface area contributed by atoms with Gasteiger partial charge in [0, 0.05) is 25.1 Å². The summed E-state index contributed by atoms with van der Waals surface area (Å²) in [7, 11) is 0. The van der Waals surface area contributed by atoms with Gasteiger partial charge in [0.05, 0.1) is 24.7 Å². The molecule has 0 bridgehead atoms. The lowest BCUT2D eigenvalue weighted by atomic mass is 9.87. The van der Waals surface area contributed by atoms with Crippen LogP contribution in [0.15, 0.2) is 33.5 Å². The molecule has 1 aromatic heterocycles. The van der Waals surface area contributed by atoms with E-state index in [9.17, 15) is 4.79 Å². The molecule has 0 spiro atoms. The summed E-state index contributed by atoms with van der Waals surface area (Å²) < 4.78 is 17.7. The number of morpholine rings is 1. The van der Waals surface area contributed by atoms with Crippen LogP contribution in [0.5, 0.6) is 5.75 Å². The van der Waals surface area contributed by atoms with Crippen LogP contribution in [0.3, 0.4) is 0 Å². The van der Waals surface area contributed by atoms with Crippen molar-refractivity contribution in [3.05, 3.63) is 40.2 Å². The molecule has 0 radical (unpaired) electrons. The first-order valence-corrected chi connectivity index (χ1v) is 11.8. The second-order valence-electron chi connectivity index (χ2n) is 8.75. The fraction of sp³-hybridized carbons (Fsp3) is 0.640. The summed E-state index contributed by atoms with van der Waals surface area (Å²) in [4.78, 5) is 12.6. The molecule has 5 heteroatoms. The average Bonchev–Trinajstić information content (AvgIpc) is 2.80. The Morgan fingerprint density at radius 1 is 1.03 bits per heavy atom. The molecule has 1 saturated carbocycles. The molecule has 0 amide bonds. The highest BCUT2D eigenvalue weighted by molar-refractivity contribution is 5.78. The topological polar surface area (TPSA) is 60.7 Å². The normalized spacial score (nSPS) is 20.5. The molecule has 1 unspecified atom stereocenters. The molecule has 1 aromatic carbocycles. The average molecular weight is 414 g/mol. The largest absolute Gasteiger partial charge is 0.494 e. The van der Waals surface area contributed by atoms with E-state index in [4.69, 9.17) is 13.9 Å². The van der Waals surface area contributed by atoms with Crippen molar-refractivity contribution < 1.29 is 13.9 Å². The molecule has 2 aromatic rings. The molecule has 1 atom stereocenters. The summed E-state index contributed by atoms with van der Waals surface area (Å²) in [6.45, 7) is 3.48. The van der Waals surface area contributed by atoms with Crippen molar-refractivity contribution in [2.45, 2.75) is 76.2 Å². The van der Waals surface area contributed by atoms with Gasteiger partial charge in [-0.2, -0.15) is 0 Å². The second-order valence-corrected chi connectivity index (χ2v) is 8.75. The molecule has 1 aliphatic heterocycles. The molecule has 4 rings (SSSR count). The number of hydrogen-bond acceptors (Lipinski definition) is 5. The number of ether oxygens (including phenoxy) is 2. The van der Waals surface area contributed by atoms with Crippen LogP contribution in [-0.2, 0) is 4.74 Å². The number of benzene rings is 1. The molecule has 5 nitrogen and oxygen atoms in total. The minimum atomic E-state index is 0.0432. The van der Waals surface area contributed by atoms with Gasteiger partial charge in [0.15, 0.2) is 5.43 Å². The van der Waals surface area contributed by atoms with Gasteiger partial charge in [-0.05, 0) is 43.9 Å². The number of nitrogens with one attached hydrogen (secondary N) is 1. The van der Waals surface area contributed by atoms with Crippen molar-refractivity contribution in [1.82, 2.24) is 5.32 Å². The van der Waals surface area contributed by atoms with E-state index < -0.39 is 0 Å². The smallest absolute Gasteiger partial charge is 0.193 e. The minimum Gasteiger partial charge on any atom is -0.494 e. The van der Waals surface area contributed by atoms with Crippen LogP contribution in [0.4, 0.5) is 0 Å². The third-order valence-corrected chi connectivity index (χ3v) is 6.42. The highest BCUT2D eigenvalue weighted by Crippen LogP contribution is 2.33. The maximum absolute atomic E-state index is 12.6. The Hall–Kier alpha value is -1.85. The fourth-order valence-corrected chi connectivity index (χ4v) is 4.65. The second kappa shape index (κ2) is 11.0. The Morgan fingerprint density at radius 3 is 2.73 bits per heavy atom. The summed E-state index contributed by atoms with van der Waals surface area (Å²) in [6, 6.07) is 7.34. The van der Waals surface area contributed by atoms with Gasteiger partial charge in [0.2, 0.25) is 0 Å². The zero-order chi connectivity index (χ0) is 20.6. The van der Waals surface area contributed by atoms with Crippen LogP contribution in [0, 0.1) is 0 Å². The van der Waals surface area contributed by atoms with Crippen LogP contribution in [-0.4, -0.2) is 32.4 Å². The quantitative estimate of drug-likeness (QED) is 0.576. The van der Waals surface area contributed by atoms with E-state index in [2.05, 4.69) is 5.32 Å². The van der Waals surface area contributed by atoms with Gasteiger partial charge >= 0.3 is 0 Å². The molecule has 1 saturated heterocycles. The van der Waals surface area contributed by atoms with Gasteiger partial charge < -0.3 is 19.2 Å². The molecule has 1 aliphatic carbocycles. The molecule has 2 fully saturated rings. The van der Waals surface area contributed by atoms with Crippen molar-refractivity contribution in [3.63, 3.8) is 0 Å². The molecule has 30 heavy (non-hydrogen) atoms. The van der Waals surface area contributed by atoms with E-state index in [1.165, 1.54) is 32.1 Å². The summed E-state index contributed by atoms with van der Waals surface area (Å²) in [5, 5.41) is 4.00. The Morgan fingerprint density at radius 2 is 1.90 bits per heavy atom. The van der Waals surface area contributed by atoms with E-state index in [1.54, 1.807) is 6.07 Å². The Labute approximate surface area is 179 Å². The van der Waals surface area contributed by atoms with E-state index in [-0.39, 0.29) is 5.43 Å². The van der Waals surface area contributed by atoms with Crippen LogP contribution < -0.4 is 15.5 Å². The van der Waals surface area contributed by atoms with E-state index in [1.807, 2.05) is 18.2 Å². The van der Waals surface area contributed by atoms with Crippen molar-refractivity contribution in [1.29, 1.82) is 0 Å². The van der Waals surface area contributed by atoms with Crippen molar-refractivity contribution in [2.75, 3.05) is 26.3 Å². The van der Waals surface area contributed by atoms with Crippen LogP contribution >= 0.6 is 0 Å². The molecule has 164 valence electrons. The lowest BCUT2D eigenvalue weighted by Gasteiger charge is -2.23. The first-order valence-electron chi connectivity index (χ1n) is 11.8. The lowest BCUT2D eigenvalue weighted by Crippen LogP contribution is -2.38. The van der Waals surface area contributed by atoms with Crippen LogP contribution in [0.2, 0.25) is 0 Å². The zero-order valence-corrected chi connectivity index (χ0v) is 18.0. The zero-order valence-electron chi connectivity index (χ0n) is 18.0. The standard InChI is InChI=1S/C25H35NO4/c27-23-17-25(19-8-4-3-5-9-19)30-24-12-11-20(16-22(23)24)28-14-7-2-1-6-10-21-18-26-13-15-29-21/h11-12,16-17,19,21,26H,1-10,13-15,18H2. The summed E-state index contributed by atoms with van der Waals surface area (Å²) in [5.41, 5.74) is 0.719. The van der Waals surface area contributed by atoms with Gasteiger partial charge in [0.1, 0.15) is 17.1 Å². The summed E-state index contributed by atoms with van der Waals surface area (Å²) in [5.74, 6) is 2.00. The maximum atomic E-state index is 12.6. The van der Waals surface area contributed by atoms with Crippen LogP contribution in [0.1, 0.15) is 75.9 Å². The van der Waals surface area contributed by atoms with E-state index in [0.717, 1.165) is 63.3 Å². The Bertz CT molecular complexity index is 850. The van der Waals surface area contributed by atoms with Gasteiger partial charge in [-0.1, -0.05) is 38.5 Å². The van der Waals surface area contributed by atoms with Crippen molar-refractivity contribution in [2.24, 2.45) is 0 Å². The van der Waals surface area contributed by atoms with Gasteiger partial charge in [-0.25, -0.2) is 0 Å². The Balaban J connectivity index is 1.22. The van der Waals surface area contributed by atoms with E-state index in [0.29, 0.717) is 29.6 Å². The predicted octanol–water partition coefficient (Wildman–Crippen LogP) is 5.16. The number of fused-ring (bicyclic) bond motifs is 1. The van der Waals surface area contributed by atoms with Gasteiger partial charge in [-0.15, -0.1) is 0 Å².